The van der Waals surface area contributed by atoms with Crippen molar-refractivity contribution >= 4 is 28.9 Å². The molecule has 26 heavy (non-hydrogen) atoms. The maximum Gasteiger partial charge on any atom is 0.289 e. The van der Waals surface area contributed by atoms with Gasteiger partial charge in [-0.1, -0.05) is 41.9 Å². The minimum atomic E-state index is -0.584. The van der Waals surface area contributed by atoms with E-state index >= 15 is 0 Å². The highest BCUT2D eigenvalue weighted by molar-refractivity contribution is 6.32. The normalized spacial score (nSPS) is 13.0. The number of nitrogens with two attached hydrogens (primary N) is 1. The summed E-state index contributed by atoms with van der Waals surface area (Å²) < 4.78 is 5.14. The number of rotatable bonds is 8. The molecular weight excluding hydrogens is 358 g/mol. The second-order valence-electron chi connectivity index (χ2n) is 5.93. The molecule has 0 radical (unpaired) electrons. The smallest absolute Gasteiger partial charge is 0.289 e. The number of nitro benzene ring substituents is 1. The van der Waals surface area contributed by atoms with E-state index in [4.69, 9.17) is 16.3 Å². The number of nitrogens with zero attached hydrogens (tertiary/aromatic N) is 1. The van der Waals surface area contributed by atoms with E-state index in [0.717, 1.165) is 5.56 Å². The van der Waals surface area contributed by atoms with Gasteiger partial charge in [-0.05, 0) is 19.1 Å². The number of nitro groups is 1. The Morgan fingerprint density at radius 1 is 1.31 bits per heavy atom. The van der Waals surface area contributed by atoms with Crippen LogP contribution in [0, 0.1) is 10.1 Å². The van der Waals surface area contributed by atoms with Crippen molar-refractivity contribution in [3.05, 3.63) is 69.2 Å². The molecule has 2 aromatic rings. The Morgan fingerprint density at radius 2 is 2.00 bits per heavy atom. The number of benzene rings is 2. The van der Waals surface area contributed by atoms with Gasteiger partial charge >= 0.3 is 0 Å². The first-order valence-electron chi connectivity index (χ1n) is 8.06. The van der Waals surface area contributed by atoms with Crippen LogP contribution >= 0.6 is 11.6 Å². The molecule has 2 rings (SSSR count). The molecule has 0 saturated heterocycles. The summed E-state index contributed by atoms with van der Waals surface area (Å²) in [6.07, 6.45) is 0. The highest BCUT2D eigenvalue weighted by Crippen LogP contribution is 2.27. The third-order valence-corrected chi connectivity index (χ3v) is 4.12. The summed E-state index contributed by atoms with van der Waals surface area (Å²) in [7, 11) is 1.61. The van der Waals surface area contributed by atoms with Gasteiger partial charge in [0, 0.05) is 24.4 Å². The van der Waals surface area contributed by atoms with Crippen LogP contribution in [0.3, 0.4) is 0 Å². The van der Waals surface area contributed by atoms with Crippen LogP contribution in [0.4, 0.5) is 11.4 Å². The largest absolute Gasteiger partial charge is 0.379 e. The molecule has 1 amide bonds. The zero-order valence-corrected chi connectivity index (χ0v) is 15.3. The van der Waals surface area contributed by atoms with E-state index in [1.807, 2.05) is 42.6 Å². The standard InChI is InChI=1S/C18H20ClN3O4/c1-12(11-26-2)20-17(13-6-4-3-5-7-13)18(23)21-14-8-9-15(19)16(10-14)22(24)25/h3-10,12,17,20H,11H2,1-2H3,(H,21,23)/p+1/t12-,17+/m1/s1. The van der Waals surface area contributed by atoms with E-state index in [2.05, 4.69) is 5.32 Å². The Bertz CT molecular complexity index is 770. The number of halogens is 1. The SMILES string of the molecule is COC[C@@H](C)[NH2+][C@H](C(=O)Nc1ccc(Cl)c([N+](=O)[O-])c1)c1ccccc1. The van der Waals surface area contributed by atoms with Gasteiger partial charge in [-0.2, -0.15) is 0 Å². The van der Waals surface area contributed by atoms with Crippen LogP contribution in [0.5, 0.6) is 0 Å². The van der Waals surface area contributed by atoms with Crippen LogP contribution in [0.15, 0.2) is 48.5 Å². The van der Waals surface area contributed by atoms with Crippen molar-refractivity contribution in [1.82, 2.24) is 0 Å². The Balaban J connectivity index is 2.23. The molecule has 138 valence electrons. The average molecular weight is 379 g/mol. The first-order valence-corrected chi connectivity index (χ1v) is 8.44. The number of methoxy groups -OCH3 is 1. The number of quaternary nitrogens is 1. The highest BCUT2D eigenvalue weighted by Gasteiger charge is 2.27. The summed E-state index contributed by atoms with van der Waals surface area (Å²) in [4.78, 5) is 23.3. The number of anilines is 1. The molecule has 0 aromatic heterocycles. The molecule has 0 fully saturated rings. The van der Waals surface area contributed by atoms with Crippen LogP contribution in [0.25, 0.3) is 0 Å². The summed E-state index contributed by atoms with van der Waals surface area (Å²) in [6, 6.07) is 13.0. The molecule has 3 N–H and O–H groups in total. The number of hydrogen-bond acceptors (Lipinski definition) is 4. The van der Waals surface area contributed by atoms with E-state index in [-0.39, 0.29) is 22.7 Å². The number of hydrogen-bond donors (Lipinski definition) is 2. The molecule has 0 aliphatic rings. The monoisotopic (exact) mass is 378 g/mol. The highest BCUT2D eigenvalue weighted by atomic mass is 35.5. The topological polar surface area (TPSA) is 98.1 Å². The van der Waals surface area contributed by atoms with Crippen molar-refractivity contribution in [3.8, 4) is 0 Å². The van der Waals surface area contributed by atoms with Gasteiger partial charge < -0.3 is 15.4 Å². The third-order valence-electron chi connectivity index (χ3n) is 3.80. The number of carbonyl (C=O) groups excluding carboxylic acids is 1. The van der Waals surface area contributed by atoms with Gasteiger partial charge in [0.2, 0.25) is 0 Å². The molecule has 0 aliphatic heterocycles. The van der Waals surface area contributed by atoms with Crippen molar-refractivity contribution in [3.63, 3.8) is 0 Å². The summed E-state index contributed by atoms with van der Waals surface area (Å²) in [5.41, 5.74) is 0.897. The minimum absolute atomic E-state index is 0.0212. The van der Waals surface area contributed by atoms with Gasteiger partial charge in [0.1, 0.15) is 11.1 Å². The predicted molar refractivity (Wildman–Crippen MR) is 99.2 cm³/mol. The second kappa shape index (κ2) is 9.28. The first kappa shape index (κ1) is 19.8. The average Bonchev–Trinajstić information content (AvgIpc) is 2.62. The molecule has 0 heterocycles. The minimum Gasteiger partial charge on any atom is -0.379 e. The summed E-state index contributed by atoms with van der Waals surface area (Å²) in [5.74, 6) is -0.282. The Morgan fingerprint density at radius 3 is 2.62 bits per heavy atom. The molecule has 0 unspecified atom stereocenters. The van der Waals surface area contributed by atoms with Gasteiger partial charge in [-0.15, -0.1) is 0 Å². The lowest BCUT2D eigenvalue weighted by Crippen LogP contribution is -2.92. The van der Waals surface area contributed by atoms with E-state index in [9.17, 15) is 14.9 Å². The van der Waals surface area contributed by atoms with E-state index < -0.39 is 11.0 Å². The molecule has 0 saturated carbocycles. The van der Waals surface area contributed by atoms with Crippen LogP contribution in [0.2, 0.25) is 5.02 Å². The lowest BCUT2D eigenvalue weighted by molar-refractivity contribution is -0.713. The lowest BCUT2D eigenvalue weighted by atomic mass is 10.0. The zero-order chi connectivity index (χ0) is 19.1. The Kier molecular flexibility index (Phi) is 7.08. The van der Waals surface area contributed by atoms with Crippen molar-refractivity contribution < 1.29 is 19.8 Å². The maximum atomic E-state index is 12.8. The molecule has 8 heteroatoms. The van der Waals surface area contributed by atoms with Gasteiger partial charge in [0.15, 0.2) is 6.04 Å². The summed E-state index contributed by atoms with van der Waals surface area (Å²) >= 11 is 5.82. The van der Waals surface area contributed by atoms with Crippen LogP contribution in [-0.4, -0.2) is 30.6 Å². The number of amides is 1. The molecule has 2 atom stereocenters. The number of nitrogens with one attached hydrogen (secondary N) is 1. The first-order chi connectivity index (χ1) is 12.4. The Hall–Kier alpha value is -2.48. The Labute approximate surface area is 156 Å². The van der Waals surface area contributed by atoms with Gasteiger partial charge in [-0.25, -0.2) is 0 Å². The maximum absolute atomic E-state index is 12.8. The zero-order valence-electron chi connectivity index (χ0n) is 14.5. The fraction of sp³-hybridized carbons (Fsp3) is 0.278. The van der Waals surface area contributed by atoms with Crippen molar-refractivity contribution in [1.29, 1.82) is 0 Å². The van der Waals surface area contributed by atoms with Crippen LogP contribution < -0.4 is 10.6 Å². The molecular formula is C18H21ClN3O4+. The quantitative estimate of drug-likeness (QED) is 0.544. The van der Waals surface area contributed by atoms with Crippen LogP contribution in [-0.2, 0) is 9.53 Å². The molecule has 0 bridgehead atoms. The second-order valence-corrected chi connectivity index (χ2v) is 6.33. The van der Waals surface area contributed by atoms with Crippen molar-refractivity contribution in [2.24, 2.45) is 0 Å². The molecule has 0 spiro atoms. The van der Waals surface area contributed by atoms with E-state index in [0.29, 0.717) is 12.3 Å². The van der Waals surface area contributed by atoms with Crippen molar-refractivity contribution in [2.75, 3.05) is 19.0 Å². The lowest BCUT2D eigenvalue weighted by Gasteiger charge is -2.19. The molecule has 0 aliphatic carbocycles. The van der Waals surface area contributed by atoms with Crippen LogP contribution in [0.1, 0.15) is 18.5 Å². The number of ether oxygens (including phenoxy) is 1. The van der Waals surface area contributed by atoms with Gasteiger partial charge in [0.25, 0.3) is 11.6 Å². The molecule has 7 nitrogen and oxygen atoms in total. The van der Waals surface area contributed by atoms with Crippen molar-refractivity contribution in [2.45, 2.75) is 19.0 Å². The molecule has 2 aromatic carbocycles. The fourth-order valence-corrected chi connectivity index (χ4v) is 2.79. The van der Waals surface area contributed by atoms with E-state index in [1.165, 1.54) is 18.2 Å². The number of carbonyl (C=O) groups is 1. The predicted octanol–water partition coefficient (Wildman–Crippen LogP) is 2.53. The van der Waals surface area contributed by atoms with Gasteiger partial charge in [-0.3, -0.25) is 14.9 Å². The summed E-state index contributed by atoms with van der Waals surface area (Å²) in [6.45, 7) is 2.45. The van der Waals surface area contributed by atoms with E-state index in [1.54, 1.807) is 7.11 Å². The summed E-state index contributed by atoms with van der Waals surface area (Å²) in [5, 5.41) is 15.7. The fourth-order valence-electron chi connectivity index (χ4n) is 2.61. The third kappa shape index (κ3) is 5.26. The van der Waals surface area contributed by atoms with Gasteiger partial charge in [0.05, 0.1) is 11.5 Å².